The summed E-state index contributed by atoms with van der Waals surface area (Å²) in [7, 11) is 1.74. The third-order valence-electron chi connectivity index (χ3n) is 2.34. The van der Waals surface area contributed by atoms with E-state index in [9.17, 15) is 5.11 Å². The maximum Gasteiger partial charge on any atom is 0.323 e. The Bertz CT molecular complexity index is 386. The van der Waals surface area contributed by atoms with Gasteiger partial charge < -0.3 is 20.5 Å². The molecule has 0 radical (unpaired) electrons. The minimum Gasteiger partial charge on any atom is -0.463 e. The van der Waals surface area contributed by atoms with Gasteiger partial charge in [-0.15, -0.1) is 0 Å². The summed E-state index contributed by atoms with van der Waals surface area (Å²) in [6.45, 7) is 6.29. The van der Waals surface area contributed by atoms with Crippen molar-refractivity contribution in [2.24, 2.45) is 0 Å². The molecule has 0 saturated carbocycles. The monoisotopic (exact) mass is 269 g/mol. The van der Waals surface area contributed by atoms with E-state index in [1.54, 1.807) is 14.0 Å². The van der Waals surface area contributed by atoms with Crippen LogP contribution in [0.5, 0.6) is 6.01 Å². The normalized spacial score (nSPS) is 13.7. The second kappa shape index (κ2) is 7.73. The second-order valence-electron chi connectivity index (χ2n) is 4.49. The number of aromatic nitrogens is 3. The van der Waals surface area contributed by atoms with E-state index < -0.39 is 0 Å². The highest BCUT2D eigenvalue weighted by Gasteiger charge is 2.11. The molecule has 108 valence electrons. The molecule has 0 spiro atoms. The molecule has 0 aromatic carbocycles. The van der Waals surface area contributed by atoms with Crippen molar-refractivity contribution in [2.75, 3.05) is 24.3 Å². The number of ether oxygens (including phenoxy) is 1. The summed E-state index contributed by atoms with van der Waals surface area (Å²) in [6, 6.07) is 0.360. The molecule has 0 saturated heterocycles. The van der Waals surface area contributed by atoms with E-state index in [1.165, 1.54) is 0 Å². The van der Waals surface area contributed by atoms with Gasteiger partial charge in [-0.1, -0.05) is 6.92 Å². The molecule has 1 aromatic rings. The van der Waals surface area contributed by atoms with Crippen LogP contribution in [0.1, 0.15) is 33.6 Å². The molecule has 7 heteroatoms. The van der Waals surface area contributed by atoms with Gasteiger partial charge in [-0.05, 0) is 26.7 Å². The lowest BCUT2D eigenvalue weighted by Gasteiger charge is -2.16. The van der Waals surface area contributed by atoms with Crippen LogP contribution < -0.4 is 15.4 Å². The number of aliphatic hydroxyl groups is 1. The number of hydrogen-bond acceptors (Lipinski definition) is 7. The van der Waals surface area contributed by atoms with Crippen LogP contribution in [0.25, 0.3) is 0 Å². The highest BCUT2D eigenvalue weighted by atomic mass is 16.5. The molecule has 0 aliphatic rings. The van der Waals surface area contributed by atoms with Crippen LogP contribution in [-0.2, 0) is 0 Å². The highest BCUT2D eigenvalue weighted by Crippen LogP contribution is 2.13. The highest BCUT2D eigenvalue weighted by molar-refractivity contribution is 5.35. The molecule has 1 aromatic heterocycles. The summed E-state index contributed by atoms with van der Waals surface area (Å²) in [6.07, 6.45) is 1.14. The molecule has 2 atom stereocenters. The Morgan fingerprint density at radius 3 is 2.47 bits per heavy atom. The third-order valence-corrected chi connectivity index (χ3v) is 2.34. The molecular weight excluding hydrogens is 246 g/mol. The average Bonchev–Trinajstić information content (AvgIpc) is 2.34. The van der Waals surface area contributed by atoms with Crippen molar-refractivity contribution < 1.29 is 9.84 Å². The molecule has 0 bridgehead atoms. The molecule has 0 amide bonds. The predicted octanol–water partition coefficient (Wildman–Crippen LogP) is 1.27. The maximum atomic E-state index is 9.34. The molecule has 19 heavy (non-hydrogen) atoms. The minimum absolute atomic E-state index is 0.0612. The molecule has 1 rings (SSSR count). The Hall–Kier alpha value is -1.63. The first-order chi connectivity index (χ1) is 9.05. The van der Waals surface area contributed by atoms with Crippen LogP contribution in [0.15, 0.2) is 0 Å². The van der Waals surface area contributed by atoms with Gasteiger partial charge in [0.15, 0.2) is 0 Å². The Kier molecular flexibility index (Phi) is 6.27. The van der Waals surface area contributed by atoms with Crippen LogP contribution in [0.2, 0.25) is 0 Å². The lowest BCUT2D eigenvalue weighted by Crippen LogP contribution is -2.22. The van der Waals surface area contributed by atoms with E-state index >= 15 is 0 Å². The topological polar surface area (TPSA) is 92.2 Å². The second-order valence-corrected chi connectivity index (χ2v) is 4.49. The SMILES string of the molecule is CCCOc1nc(NC)nc(NC(C)CC(C)O)n1. The summed E-state index contributed by atoms with van der Waals surface area (Å²) in [5, 5.41) is 15.3. The van der Waals surface area contributed by atoms with E-state index in [0.717, 1.165) is 6.42 Å². The average molecular weight is 269 g/mol. The van der Waals surface area contributed by atoms with E-state index in [4.69, 9.17) is 4.74 Å². The zero-order chi connectivity index (χ0) is 14.3. The number of aliphatic hydroxyl groups excluding tert-OH is 1. The first-order valence-corrected chi connectivity index (χ1v) is 6.56. The van der Waals surface area contributed by atoms with Gasteiger partial charge in [-0.2, -0.15) is 15.0 Å². The van der Waals surface area contributed by atoms with Gasteiger partial charge in [0.1, 0.15) is 0 Å². The molecular formula is C12H23N5O2. The molecule has 7 nitrogen and oxygen atoms in total. The van der Waals surface area contributed by atoms with Gasteiger partial charge in [0.2, 0.25) is 11.9 Å². The first-order valence-electron chi connectivity index (χ1n) is 6.56. The zero-order valence-electron chi connectivity index (χ0n) is 12.0. The van der Waals surface area contributed by atoms with Crippen molar-refractivity contribution in [1.29, 1.82) is 0 Å². The number of nitrogens with zero attached hydrogens (tertiary/aromatic N) is 3. The number of hydrogen-bond donors (Lipinski definition) is 3. The summed E-state index contributed by atoms with van der Waals surface area (Å²) in [4.78, 5) is 12.5. The van der Waals surface area contributed by atoms with Crippen molar-refractivity contribution in [3.8, 4) is 6.01 Å². The first kappa shape index (κ1) is 15.4. The molecule has 2 unspecified atom stereocenters. The summed E-state index contributed by atoms with van der Waals surface area (Å²) in [5.41, 5.74) is 0. The fourth-order valence-corrected chi connectivity index (χ4v) is 1.58. The lowest BCUT2D eigenvalue weighted by atomic mass is 10.2. The summed E-state index contributed by atoms with van der Waals surface area (Å²) >= 11 is 0. The van der Waals surface area contributed by atoms with Gasteiger partial charge in [0.05, 0.1) is 12.7 Å². The van der Waals surface area contributed by atoms with E-state index in [-0.39, 0.29) is 12.1 Å². The number of rotatable bonds is 8. The Morgan fingerprint density at radius 2 is 1.89 bits per heavy atom. The van der Waals surface area contributed by atoms with Crippen molar-refractivity contribution >= 4 is 11.9 Å². The van der Waals surface area contributed by atoms with E-state index in [1.807, 2.05) is 13.8 Å². The quantitative estimate of drug-likeness (QED) is 0.654. The van der Waals surface area contributed by atoms with Gasteiger partial charge in [0.25, 0.3) is 0 Å². The van der Waals surface area contributed by atoms with Crippen LogP contribution in [-0.4, -0.2) is 45.9 Å². The van der Waals surface area contributed by atoms with Gasteiger partial charge in [0, 0.05) is 13.1 Å². The van der Waals surface area contributed by atoms with Gasteiger partial charge >= 0.3 is 6.01 Å². The molecule has 0 fully saturated rings. The van der Waals surface area contributed by atoms with Crippen LogP contribution in [0.4, 0.5) is 11.9 Å². The lowest BCUT2D eigenvalue weighted by molar-refractivity contribution is 0.179. The van der Waals surface area contributed by atoms with Crippen molar-refractivity contribution in [3.63, 3.8) is 0 Å². The van der Waals surface area contributed by atoms with Crippen LogP contribution in [0.3, 0.4) is 0 Å². The Labute approximate surface area is 113 Å². The van der Waals surface area contributed by atoms with Crippen molar-refractivity contribution in [2.45, 2.75) is 45.8 Å². The third kappa shape index (κ3) is 5.69. The zero-order valence-corrected chi connectivity index (χ0v) is 12.0. The van der Waals surface area contributed by atoms with Gasteiger partial charge in [-0.3, -0.25) is 0 Å². The summed E-state index contributed by atoms with van der Waals surface area (Å²) < 4.78 is 5.41. The Balaban J connectivity index is 2.75. The fraction of sp³-hybridized carbons (Fsp3) is 0.750. The number of anilines is 2. The van der Waals surface area contributed by atoms with Crippen LogP contribution >= 0.6 is 0 Å². The predicted molar refractivity (Wildman–Crippen MR) is 74.5 cm³/mol. The molecule has 3 N–H and O–H groups in total. The fourth-order valence-electron chi connectivity index (χ4n) is 1.58. The summed E-state index contributed by atoms with van der Waals surface area (Å²) in [5.74, 6) is 0.895. The molecule has 1 heterocycles. The van der Waals surface area contributed by atoms with Crippen molar-refractivity contribution in [1.82, 2.24) is 15.0 Å². The molecule has 0 aliphatic carbocycles. The van der Waals surface area contributed by atoms with Gasteiger partial charge in [-0.25, -0.2) is 0 Å². The standard InChI is InChI=1S/C12H23N5O2/c1-5-6-19-12-16-10(13-4)15-11(17-12)14-8(2)7-9(3)18/h8-9,18H,5-7H2,1-4H3,(H2,13,14,15,16,17). The van der Waals surface area contributed by atoms with Crippen molar-refractivity contribution in [3.05, 3.63) is 0 Å². The van der Waals surface area contributed by atoms with E-state index in [0.29, 0.717) is 30.9 Å². The maximum absolute atomic E-state index is 9.34. The Morgan fingerprint density at radius 1 is 1.21 bits per heavy atom. The molecule has 0 aliphatic heterocycles. The number of nitrogens with one attached hydrogen (secondary N) is 2. The smallest absolute Gasteiger partial charge is 0.323 e. The minimum atomic E-state index is -0.371. The van der Waals surface area contributed by atoms with E-state index in [2.05, 4.69) is 25.6 Å². The largest absolute Gasteiger partial charge is 0.463 e. The van der Waals surface area contributed by atoms with Crippen LogP contribution in [0, 0.1) is 0 Å².